The molecular weight excluding hydrogens is 753 g/mol. The highest BCUT2D eigenvalue weighted by Crippen LogP contribution is 2.39. The van der Waals surface area contributed by atoms with Crippen LogP contribution in [0.3, 0.4) is 0 Å². The summed E-state index contributed by atoms with van der Waals surface area (Å²) in [5, 5.41) is 8.40. The van der Waals surface area contributed by atoms with E-state index in [0.717, 1.165) is 10.4 Å². The number of rotatable bonds is 13. The van der Waals surface area contributed by atoms with Crippen molar-refractivity contribution in [3.8, 4) is 5.75 Å². The molecule has 0 aliphatic carbocycles. The molecule has 0 radical (unpaired) electrons. The van der Waals surface area contributed by atoms with Crippen LogP contribution in [0.25, 0.3) is 6.08 Å². The predicted molar refractivity (Wildman–Crippen MR) is 219 cm³/mol. The Morgan fingerprint density at radius 1 is 0.946 bits per heavy atom. The lowest BCUT2D eigenvalue weighted by Crippen LogP contribution is -2.39. The molecule has 12 nitrogen and oxygen atoms in total. The Hall–Kier alpha value is -5.60. The van der Waals surface area contributed by atoms with Gasteiger partial charge >= 0.3 is 12.1 Å². The first-order valence-electron chi connectivity index (χ1n) is 18.2. The van der Waals surface area contributed by atoms with Crippen LogP contribution in [0.15, 0.2) is 89.5 Å². The van der Waals surface area contributed by atoms with E-state index in [9.17, 15) is 24.0 Å². The third-order valence-corrected chi connectivity index (χ3v) is 10.9. The first kappa shape index (κ1) is 41.6. The topological polar surface area (TPSA) is 152 Å². The summed E-state index contributed by atoms with van der Waals surface area (Å²) in [5.41, 5.74) is 1.83. The number of esters is 1. The van der Waals surface area contributed by atoms with Gasteiger partial charge < -0.3 is 35.1 Å². The highest BCUT2D eigenvalue weighted by Gasteiger charge is 2.33. The molecule has 0 fully saturated rings. The number of hydrogen-bond acceptors (Lipinski definition) is 10. The number of carbonyl (C=O) groups is 5. The van der Waals surface area contributed by atoms with E-state index in [0.29, 0.717) is 57.4 Å². The van der Waals surface area contributed by atoms with Crippen molar-refractivity contribution in [3.63, 3.8) is 0 Å². The predicted octanol–water partition coefficient (Wildman–Crippen LogP) is 8.15. The van der Waals surface area contributed by atoms with Gasteiger partial charge in [-0.3, -0.25) is 14.4 Å². The monoisotopic (exact) mass is 798 g/mol. The number of hydrogen-bond donors (Lipinski definition) is 3. The number of para-hydroxylation sites is 1. The molecule has 4 amide bonds. The summed E-state index contributed by atoms with van der Waals surface area (Å²) in [6.07, 6.45) is 1.97. The van der Waals surface area contributed by atoms with E-state index in [2.05, 4.69) is 16.0 Å². The first-order chi connectivity index (χ1) is 26.8. The Bertz CT molecular complexity index is 2110. The van der Waals surface area contributed by atoms with Gasteiger partial charge in [0.05, 0.1) is 31.1 Å². The molecule has 56 heavy (non-hydrogen) atoms. The Kier molecular flexibility index (Phi) is 14.0. The number of carbonyl (C=O) groups excluding carboxylic acids is 5. The van der Waals surface area contributed by atoms with E-state index in [4.69, 9.17) is 14.2 Å². The van der Waals surface area contributed by atoms with Crippen molar-refractivity contribution >= 4 is 69.6 Å². The number of methoxy groups -OCH3 is 1. The fourth-order valence-corrected chi connectivity index (χ4v) is 8.07. The van der Waals surface area contributed by atoms with Crippen LogP contribution in [-0.4, -0.2) is 65.8 Å². The van der Waals surface area contributed by atoms with Crippen LogP contribution in [0, 0.1) is 0 Å². The number of benzene rings is 3. The van der Waals surface area contributed by atoms with Gasteiger partial charge in [0.15, 0.2) is 0 Å². The minimum Gasteiger partial charge on any atom is -0.496 e. The molecule has 1 aliphatic heterocycles. The normalized spacial score (nSPS) is 13.2. The third kappa shape index (κ3) is 10.8. The summed E-state index contributed by atoms with van der Waals surface area (Å²) in [7, 11) is 1.52. The summed E-state index contributed by atoms with van der Waals surface area (Å²) in [6, 6.07) is 22.8. The maximum absolute atomic E-state index is 13.8. The van der Waals surface area contributed by atoms with E-state index in [1.54, 1.807) is 111 Å². The summed E-state index contributed by atoms with van der Waals surface area (Å²) in [5.74, 6) is -1.35. The van der Waals surface area contributed by atoms with Gasteiger partial charge in [0.25, 0.3) is 11.8 Å². The van der Waals surface area contributed by atoms with Crippen molar-refractivity contribution in [2.75, 3.05) is 30.9 Å². The molecule has 0 saturated carbocycles. The zero-order chi connectivity index (χ0) is 40.4. The van der Waals surface area contributed by atoms with Gasteiger partial charge in [0.1, 0.15) is 22.0 Å². The van der Waals surface area contributed by atoms with Gasteiger partial charge in [-0.2, -0.15) is 0 Å². The Labute approximate surface area is 335 Å². The highest BCUT2D eigenvalue weighted by atomic mass is 32.2. The second-order valence-corrected chi connectivity index (χ2v) is 16.1. The first-order valence-corrected chi connectivity index (χ1v) is 19.9. The fourth-order valence-electron chi connectivity index (χ4n) is 5.80. The van der Waals surface area contributed by atoms with Crippen LogP contribution in [-0.2, 0) is 32.0 Å². The molecule has 5 rings (SSSR count). The van der Waals surface area contributed by atoms with Gasteiger partial charge in [-0.25, -0.2) is 9.59 Å². The van der Waals surface area contributed by atoms with Crippen LogP contribution < -0.4 is 20.7 Å². The van der Waals surface area contributed by atoms with Gasteiger partial charge in [0.2, 0.25) is 5.91 Å². The van der Waals surface area contributed by atoms with E-state index in [1.165, 1.54) is 30.2 Å². The highest BCUT2D eigenvalue weighted by molar-refractivity contribution is 8.00. The standard InChI is InChI=1S/C42H46N4O8S2/c1-7-33(38(49)45-39-35(40(50)53-8-2)30-21-22-46(25-34(30)56-39)41(51)54-42(3,4)5)55-29-19-14-18-28(24-29)43-37(48)31(23-27-17-12-13-20-32(27)52-6)44-36(47)26-15-10-9-11-16-26/h9-20,23-24,33H,7-8,21-22,25H2,1-6H3,(H,43,48)(H,44,47)(H,45,49)/b31-23+. The largest absolute Gasteiger partial charge is 0.496 e. The molecular formula is C42H46N4O8S2. The number of nitrogens with zero attached hydrogens (tertiary/aromatic N) is 1. The number of thioether (sulfide) groups is 1. The van der Waals surface area contributed by atoms with Gasteiger partial charge in [0, 0.05) is 33.1 Å². The quantitative estimate of drug-likeness (QED) is 0.0692. The number of anilines is 2. The van der Waals surface area contributed by atoms with Crippen molar-refractivity contribution in [1.29, 1.82) is 0 Å². The number of thiophene rings is 1. The number of fused-ring (bicyclic) bond motifs is 1. The second kappa shape index (κ2) is 18.8. The van der Waals surface area contributed by atoms with Crippen LogP contribution in [0.2, 0.25) is 0 Å². The van der Waals surface area contributed by atoms with Gasteiger partial charge in [-0.15, -0.1) is 23.1 Å². The summed E-state index contributed by atoms with van der Waals surface area (Å²) in [6.45, 7) is 9.79. The van der Waals surface area contributed by atoms with Gasteiger partial charge in [-0.1, -0.05) is 49.4 Å². The molecule has 0 saturated heterocycles. The molecule has 4 aromatic rings. The number of nitrogens with one attached hydrogen (secondary N) is 3. The lowest BCUT2D eigenvalue weighted by molar-refractivity contribution is -0.116. The minimum absolute atomic E-state index is 0.00233. The minimum atomic E-state index is -0.656. The van der Waals surface area contributed by atoms with Crippen molar-refractivity contribution in [3.05, 3.63) is 112 Å². The van der Waals surface area contributed by atoms with E-state index < -0.39 is 34.7 Å². The molecule has 1 aromatic heterocycles. The molecule has 14 heteroatoms. The molecule has 2 heterocycles. The summed E-state index contributed by atoms with van der Waals surface area (Å²) in [4.78, 5) is 69.9. The van der Waals surface area contributed by atoms with E-state index in [1.807, 2.05) is 13.0 Å². The molecule has 294 valence electrons. The molecule has 3 aromatic carbocycles. The maximum Gasteiger partial charge on any atom is 0.410 e. The Morgan fingerprint density at radius 3 is 2.38 bits per heavy atom. The number of amides is 4. The SMILES string of the molecule is CCOC(=O)c1c(NC(=O)C(CC)Sc2cccc(NC(=O)/C(=C\c3ccccc3OC)NC(=O)c3ccccc3)c2)sc2c1CCN(C(=O)OC(C)(C)C)C2. The van der Waals surface area contributed by atoms with Crippen LogP contribution in [0.5, 0.6) is 5.75 Å². The zero-order valence-corrected chi connectivity index (χ0v) is 33.9. The average Bonchev–Trinajstić information content (AvgIpc) is 3.53. The molecule has 3 N–H and O–H groups in total. The number of ether oxygens (including phenoxy) is 3. The van der Waals surface area contributed by atoms with Crippen molar-refractivity contribution in [2.45, 2.75) is 69.8 Å². The lowest BCUT2D eigenvalue weighted by Gasteiger charge is -2.30. The zero-order valence-electron chi connectivity index (χ0n) is 32.2. The van der Waals surface area contributed by atoms with Gasteiger partial charge in [-0.05, 0) is 88.6 Å². The lowest BCUT2D eigenvalue weighted by atomic mass is 10.0. The average molecular weight is 799 g/mol. The van der Waals surface area contributed by atoms with Crippen LogP contribution >= 0.6 is 23.1 Å². The van der Waals surface area contributed by atoms with Crippen LogP contribution in [0.1, 0.15) is 77.8 Å². The Balaban J connectivity index is 1.33. The molecule has 1 unspecified atom stereocenters. The fraction of sp³-hybridized carbons (Fsp3) is 0.310. The Morgan fingerprint density at radius 2 is 1.68 bits per heavy atom. The molecule has 0 spiro atoms. The summed E-state index contributed by atoms with van der Waals surface area (Å²) < 4.78 is 16.4. The second-order valence-electron chi connectivity index (χ2n) is 13.7. The van der Waals surface area contributed by atoms with E-state index >= 15 is 0 Å². The third-order valence-electron chi connectivity index (χ3n) is 8.43. The maximum atomic E-state index is 13.8. The van der Waals surface area contributed by atoms with Crippen LogP contribution in [0.4, 0.5) is 15.5 Å². The van der Waals surface area contributed by atoms with Crippen molar-refractivity contribution in [1.82, 2.24) is 10.2 Å². The van der Waals surface area contributed by atoms with Crippen molar-refractivity contribution in [2.24, 2.45) is 0 Å². The summed E-state index contributed by atoms with van der Waals surface area (Å²) >= 11 is 2.56. The molecule has 1 atom stereocenters. The molecule has 0 bridgehead atoms. The van der Waals surface area contributed by atoms with E-state index in [-0.39, 0.29) is 24.8 Å². The molecule has 1 aliphatic rings. The smallest absolute Gasteiger partial charge is 0.410 e. The van der Waals surface area contributed by atoms with Crippen molar-refractivity contribution < 1.29 is 38.2 Å².